The van der Waals surface area contributed by atoms with Gasteiger partial charge in [0.25, 0.3) is 0 Å². The summed E-state index contributed by atoms with van der Waals surface area (Å²) in [4.78, 5) is 15.8. The van der Waals surface area contributed by atoms with Crippen LogP contribution < -0.4 is 9.80 Å². The molecule has 3 aromatic rings. The standard InChI is InChI=1S/C33H42N4/c1-10-33(9)22(2)30-36(23-16-12-11-13-17-23)28-29(37(30)27-19-15-14-18-24(27)33)35-26(21-32(6,7)8)25(34-28)20-31(3,4)5/h10-19,22,30H,1,20-21H2,2-9H3. The predicted octanol–water partition coefficient (Wildman–Crippen LogP) is 8.36. The number of hydrogen-bond donors (Lipinski definition) is 0. The number of allylic oxidation sites excluding steroid dienone is 1. The Hall–Kier alpha value is -3.14. The first-order valence-corrected chi connectivity index (χ1v) is 13.6. The third-order valence-corrected chi connectivity index (χ3v) is 7.99. The van der Waals surface area contributed by atoms with Crippen molar-refractivity contribution in [2.75, 3.05) is 9.80 Å². The van der Waals surface area contributed by atoms with Crippen molar-refractivity contribution in [3.63, 3.8) is 0 Å². The van der Waals surface area contributed by atoms with Gasteiger partial charge >= 0.3 is 0 Å². The van der Waals surface area contributed by atoms with Gasteiger partial charge in [0.05, 0.1) is 11.4 Å². The van der Waals surface area contributed by atoms with E-state index in [0.29, 0.717) is 0 Å². The molecule has 0 aliphatic carbocycles. The maximum atomic E-state index is 5.49. The summed E-state index contributed by atoms with van der Waals surface area (Å²) < 4.78 is 0. The van der Waals surface area contributed by atoms with E-state index < -0.39 is 0 Å². The highest BCUT2D eigenvalue weighted by Gasteiger charge is 2.53. The smallest absolute Gasteiger partial charge is 0.178 e. The Morgan fingerprint density at radius 1 is 0.811 bits per heavy atom. The zero-order valence-corrected chi connectivity index (χ0v) is 23.8. The average molecular weight is 495 g/mol. The lowest BCUT2D eigenvalue weighted by Gasteiger charge is -2.49. The lowest BCUT2D eigenvalue weighted by atomic mass is 9.68. The zero-order chi connectivity index (χ0) is 26.8. The zero-order valence-electron chi connectivity index (χ0n) is 23.8. The van der Waals surface area contributed by atoms with Crippen molar-refractivity contribution in [1.82, 2.24) is 9.97 Å². The average Bonchev–Trinajstić information content (AvgIpc) is 3.15. The molecular weight excluding hydrogens is 452 g/mol. The molecule has 3 atom stereocenters. The number of para-hydroxylation sites is 2. The molecule has 0 bridgehead atoms. The molecule has 0 spiro atoms. The van der Waals surface area contributed by atoms with Crippen molar-refractivity contribution in [3.8, 4) is 0 Å². The van der Waals surface area contributed by atoms with Crippen molar-refractivity contribution >= 4 is 23.0 Å². The first kappa shape index (κ1) is 25.5. The monoisotopic (exact) mass is 494 g/mol. The number of aromatic nitrogens is 2. The molecule has 0 fully saturated rings. The fourth-order valence-corrected chi connectivity index (χ4v) is 6.02. The lowest BCUT2D eigenvalue weighted by Crippen LogP contribution is -2.54. The molecule has 4 nitrogen and oxygen atoms in total. The Morgan fingerprint density at radius 3 is 1.86 bits per heavy atom. The number of nitrogens with zero attached hydrogens (tertiary/aromatic N) is 4. The van der Waals surface area contributed by atoms with Gasteiger partial charge in [-0.2, -0.15) is 0 Å². The van der Waals surface area contributed by atoms with Crippen LogP contribution >= 0.6 is 0 Å². The van der Waals surface area contributed by atoms with Crippen LogP contribution in [0.3, 0.4) is 0 Å². The van der Waals surface area contributed by atoms with Crippen LogP contribution in [0.25, 0.3) is 0 Å². The summed E-state index contributed by atoms with van der Waals surface area (Å²) in [6.07, 6.45) is 3.96. The molecule has 0 saturated carbocycles. The van der Waals surface area contributed by atoms with Gasteiger partial charge in [-0.15, -0.1) is 6.58 Å². The molecule has 2 aliphatic heterocycles. The van der Waals surface area contributed by atoms with Gasteiger partial charge in [-0.3, -0.25) is 0 Å². The number of hydrogen-bond acceptors (Lipinski definition) is 4. The molecule has 2 aromatic carbocycles. The molecule has 0 saturated heterocycles. The van der Waals surface area contributed by atoms with Crippen LogP contribution in [0.1, 0.15) is 72.3 Å². The maximum absolute atomic E-state index is 5.49. The van der Waals surface area contributed by atoms with Gasteiger partial charge in [0.2, 0.25) is 0 Å². The lowest BCUT2D eigenvalue weighted by molar-refractivity contribution is 0.312. The van der Waals surface area contributed by atoms with Gasteiger partial charge < -0.3 is 9.80 Å². The molecule has 3 unspecified atom stereocenters. The number of rotatable bonds is 4. The molecule has 0 amide bonds. The fraction of sp³-hybridized carbons (Fsp3) is 0.455. The van der Waals surface area contributed by atoms with E-state index >= 15 is 0 Å². The second-order valence-electron chi connectivity index (χ2n) is 13.5. The van der Waals surface area contributed by atoms with E-state index in [2.05, 4.69) is 132 Å². The van der Waals surface area contributed by atoms with E-state index in [0.717, 1.165) is 41.6 Å². The topological polar surface area (TPSA) is 32.3 Å². The second-order valence-corrected chi connectivity index (χ2v) is 13.5. The predicted molar refractivity (Wildman–Crippen MR) is 156 cm³/mol. The molecule has 4 heteroatoms. The van der Waals surface area contributed by atoms with Crippen molar-refractivity contribution in [3.05, 3.63) is 84.2 Å². The quantitative estimate of drug-likeness (QED) is 0.341. The van der Waals surface area contributed by atoms with Gasteiger partial charge in [-0.1, -0.05) is 97.9 Å². The SMILES string of the molecule is C=CC1(C)c2ccccc2N2c3nc(CC(C)(C)C)c(CC(C)(C)C)nc3N(c3ccccc3)C2C1C. The molecular formula is C33H42N4. The summed E-state index contributed by atoms with van der Waals surface area (Å²) in [6, 6.07) is 19.5. The van der Waals surface area contributed by atoms with Crippen molar-refractivity contribution in [1.29, 1.82) is 0 Å². The molecule has 1 aromatic heterocycles. The van der Waals surface area contributed by atoms with Crippen LogP contribution in [0.2, 0.25) is 0 Å². The second kappa shape index (κ2) is 8.72. The van der Waals surface area contributed by atoms with E-state index in [4.69, 9.17) is 9.97 Å². The highest BCUT2D eigenvalue weighted by atomic mass is 15.5. The van der Waals surface area contributed by atoms with Crippen LogP contribution in [-0.2, 0) is 18.3 Å². The van der Waals surface area contributed by atoms with E-state index in [9.17, 15) is 0 Å². The summed E-state index contributed by atoms with van der Waals surface area (Å²) in [5.41, 5.74) is 5.93. The first-order chi connectivity index (χ1) is 17.3. The number of anilines is 4. The minimum Gasteiger partial charge on any atom is -0.302 e. The van der Waals surface area contributed by atoms with Gasteiger partial charge in [-0.25, -0.2) is 9.97 Å². The summed E-state index contributed by atoms with van der Waals surface area (Å²) in [5.74, 6) is 2.17. The summed E-state index contributed by atoms with van der Waals surface area (Å²) in [5, 5.41) is 0. The molecule has 0 radical (unpaired) electrons. The minimum absolute atomic E-state index is 0.0441. The first-order valence-electron chi connectivity index (χ1n) is 13.6. The summed E-state index contributed by atoms with van der Waals surface area (Å²) in [6.45, 7) is 22.7. The van der Waals surface area contributed by atoms with Crippen LogP contribution in [-0.4, -0.2) is 16.1 Å². The highest BCUT2D eigenvalue weighted by molar-refractivity contribution is 5.86. The van der Waals surface area contributed by atoms with Gasteiger partial charge in [0, 0.05) is 22.7 Å². The van der Waals surface area contributed by atoms with E-state index in [1.54, 1.807) is 0 Å². The van der Waals surface area contributed by atoms with Crippen LogP contribution in [0.15, 0.2) is 67.3 Å². The number of fused-ring (bicyclic) bond motifs is 5. The molecule has 194 valence electrons. The maximum Gasteiger partial charge on any atom is 0.178 e. The summed E-state index contributed by atoms with van der Waals surface area (Å²) >= 11 is 0. The van der Waals surface area contributed by atoms with Crippen molar-refractivity contribution in [2.24, 2.45) is 16.7 Å². The Balaban J connectivity index is 1.81. The van der Waals surface area contributed by atoms with E-state index in [-0.39, 0.29) is 28.3 Å². The molecule has 2 aliphatic rings. The van der Waals surface area contributed by atoms with Gasteiger partial charge in [-0.05, 0) is 47.4 Å². The molecule has 3 heterocycles. The Labute approximate surface area is 223 Å². The Bertz CT molecular complexity index is 1310. The van der Waals surface area contributed by atoms with Crippen molar-refractivity contribution in [2.45, 2.75) is 79.8 Å². The fourth-order valence-electron chi connectivity index (χ4n) is 6.02. The van der Waals surface area contributed by atoms with Crippen LogP contribution in [0, 0.1) is 16.7 Å². The normalized spacial score (nSPS) is 22.9. The van der Waals surface area contributed by atoms with Crippen molar-refractivity contribution < 1.29 is 0 Å². The molecule has 5 rings (SSSR count). The Kier molecular flexibility index (Phi) is 6.01. The summed E-state index contributed by atoms with van der Waals surface area (Å²) in [7, 11) is 0. The third kappa shape index (κ3) is 4.35. The van der Waals surface area contributed by atoms with E-state index in [1.165, 1.54) is 11.3 Å². The minimum atomic E-state index is -0.185. The van der Waals surface area contributed by atoms with Crippen LogP contribution in [0.5, 0.6) is 0 Å². The largest absolute Gasteiger partial charge is 0.302 e. The van der Waals surface area contributed by atoms with Gasteiger partial charge in [0.1, 0.15) is 6.17 Å². The number of benzene rings is 2. The highest BCUT2D eigenvalue weighted by Crippen LogP contribution is 2.57. The molecule has 37 heavy (non-hydrogen) atoms. The van der Waals surface area contributed by atoms with Gasteiger partial charge in [0.15, 0.2) is 11.6 Å². The van der Waals surface area contributed by atoms with Crippen LogP contribution in [0.4, 0.5) is 23.0 Å². The Morgan fingerprint density at radius 2 is 1.32 bits per heavy atom. The molecule has 0 N–H and O–H groups in total. The third-order valence-electron chi connectivity index (χ3n) is 7.99. The van der Waals surface area contributed by atoms with E-state index in [1.807, 2.05) is 0 Å².